The Bertz CT molecular complexity index is 1740. The summed E-state index contributed by atoms with van der Waals surface area (Å²) in [6.45, 7) is 0. The van der Waals surface area contributed by atoms with E-state index in [1.807, 2.05) is 65.4 Å². The SMILES string of the molecule is O=C(Nc1cccc(SC(C(=O)Nc2ccccc2Cl)c2ccccc2)c1)/C(=C/c1ccsc1)NC(=O)c1ccccc1. The van der Waals surface area contributed by atoms with Gasteiger partial charge in [0.1, 0.15) is 10.9 Å². The average molecular weight is 624 g/mol. The van der Waals surface area contributed by atoms with Crippen molar-refractivity contribution >= 4 is 69.9 Å². The Morgan fingerprint density at radius 2 is 1.51 bits per heavy atom. The van der Waals surface area contributed by atoms with Gasteiger partial charge in [0, 0.05) is 16.1 Å². The third-order valence-corrected chi connectivity index (χ3v) is 8.48. The molecule has 1 atom stereocenters. The number of halogens is 1. The van der Waals surface area contributed by atoms with E-state index in [9.17, 15) is 14.4 Å². The molecule has 0 bridgehead atoms. The Morgan fingerprint density at radius 3 is 2.23 bits per heavy atom. The van der Waals surface area contributed by atoms with E-state index >= 15 is 0 Å². The molecule has 5 rings (SSSR count). The van der Waals surface area contributed by atoms with Crippen LogP contribution in [0.3, 0.4) is 0 Å². The van der Waals surface area contributed by atoms with E-state index in [1.165, 1.54) is 23.1 Å². The highest BCUT2D eigenvalue weighted by atomic mass is 35.5. The number of carbonyl (C=O) groups excluding carboxylic acids is 3. The molecule has 0 aliphatic heterocycles. The number of thiophene rings is 1. The summed E-state index contributed by atoms with van der Waals surface area (Å²) in [4.78, 5) is 40.6. The Kier molecular flexibility index (Phi) is 10.1. The molecule has 0 aliphatic carbocycles. The number of amides is 3. The zero-order chi connectivity index (χ0) is 30.0. The van der Waals surface area contributed by atoms with Crippen molar-refractivity contribution in [3.8, 4) is 0 Å². The van der Waals surface area contributed by atoms with Crippen LogP contribution in [0, 0.1) is 0 Å². The van der Waals surface area contributed by atoms with Crippen molar-refractivity contribution in [3.05, 3.63) is 153 Å². The van der Waals surface area contributed by atoms with Crippen LogP contribution in [0.2, 0.25) is 5.02 Å². The molecule has 3 N–H and O–H groups in total. The van der Waals surface area contributed by atoms with Gasteiger partial charge in [0.15, 0.2) is 0 Å². The quantitative estimate of drug-likeness (QED) is 0.108. The molecule has 4 aromatic carbocycles. The molecule has 0 saturated carbocycles. The Balaban J connectivity index is 1.36. The molecule has 9 heteroatoms. The predicted molar refractivity (Wildman–Crippen MR) is 176 cm³/mol. The summed E-state index contributed by atoms with van der Waals surface area (Å²) in [6, 6.07) is 34.3. The summed E-state index contributed by atoms with van der Waals surface area (Å²) in [7, 11) is 0. The van der Waals surface area contributed by atoms with Gasteiger partial charge in [0.25, 0.3) is 11.8 Å². The molecular weight excluding hydrogens is 598 g/mol. The fraction of sp³-hybridized carbons (Fsp3) is 0.0294. The molecule has 0 aliphatic rings. The molecule has 1 unspecified atom stereocenters. The third kappa shape index (κ3) is 8.23. The zero-order valence-electron chi connectivity index (χ0n) is 22.7. The summed E-state index contributed by atoms with van der Waals surface area (Å²) in [5.74, 6) is -1.10. The van der Waals surface area contributed by atoms with Crippen molar-refractivity contribution < 1.29 is 14.4 Å². The number of benzene rings is 4. The van der Waals surface area contributed by atoms with Gasteiger partial charge in [0.2, 0.25) is 5.91 Å². The number of thioether (sulfide) groups is 1. The average Bonchev–Trinajstić information content (AvgIpc) is 3.55. The van der Waals surface area contributed by atoms with Gasteiger partial charge in [-0.1, -0.05) is 78.3 Å². The minimum absolute atomic E-state index is 0.103. The van der Waals surface area contributed by atoms with Crippen molar-refractivity contribution in [2.75, 3.05) is 10.6 Å². The highest BCUT2D eigenvalue weighted by Crippen LogP contribution is 2.37. The maximum Gasteiger partial charge on any atom is 0.272 e. The second-order valence-electron chi connectivity index (χ2n) is 9.29. The third-order valence-electron chi connectivity index (χ3n) is 6.20. The molecular formula is C34H26ClN3O3S2. The van der Waals surface area contributed by atoms with E-state index in [-0.39, 0.29) is 11.6 Å². The van der Waals surface area contributed by atoms with Crippen LogP contribution in [0.1, 0.15) is 26.7 Å². The highest BCUT2D eigenvalue weighted by molar-refractivity contribution is 8.00. The molecule has 6 nitrogen and oxygen atoms in total. The smallest absolute Gasteiger partial charge is 0.272 e. The Labute approximate surface area is 262 Å². The number of carbonyl (C=O) groups is 3. The molecule has 0 radical (unpaired) electrons. The van der Waals surface area contributed by atoms with Crippen LogP contribution in [-0.2, 0) is 9.59 Å². The van der Waals surface area contributed by atoms with Crippen molar-refractivity contribution in [3.63, 3.8) is 0 Å². The standard InChI is InChI=1S/C34H26ClN3O3S2/c35-28-16-7-8-17-29(28)37-34(41)31(24-10-3-1-4-11-24)43-27-15-9-14-26(21-27)36-33(40)30(20-23-18-19-42-22-23)38-32(39)25-12-5-2-6-13-25/h1-22,31H,(H,36,40)(H,37,41)(H,38,39)/b30-20-. The number of hydrogen-bond donors (Lipinski definition) is 3. The van der Waals surface area contributed by atoms with Crippen molar-refractivity contribution in [2.45, 2.75) is 10.1 Å². The van der Waals surface area contributed by atoms with Crippen LogP contribution in [0.15, 0.2) is 137 Å². The van der Waals surface area contributed by atoms with Crippen LogP contribution in [0.4, 0.5) is 11.4 Å². The lowest BCUT2D eigenvalue weighted by atomic mass is 10.1. The lowest BCUT2D eigenvalue weighted by Gasteiger charge is -2.18. The number of anilines is 2. The first-order valence-electron chi connectivity index (χ1n) is 13.2. The summed E-state index contributed by atoms with van der Waals surface area (Å²) in [5.41, 5.74) is 3.19. The fourth-order valence-electron chi connectivity index (χ4n) is 4.11. The van der Waals surface area contributed by atoms with E-state index < -0.39 is 17.1 Å². The number of para-hydroxylation sites is 1. The van der Waals surface area contributed by atoms with E-state index in [2.05, 4.69) is 16.0 Å². The van der Waals surface area contributed by atoms with Gasteiger partial charge < -0.3 is 16.0 Å². The summed E-state index contributed by atoms with van der Waals surface area (Å²) < 4.78 is 0. The Morgan fingerprint density at radius 1 is 0.791 bits per heavy atom. The lowest BCUT2D eigenvalue weighted by Crippen LogP contribution is -2.30. The minimum atomic E-state index is -0.595. The molecule has 0 fully saturated rings. The molecule has 5 aromatic rings. The van der Waals surface area contributed by atoms with Crippen molar-refractivity contribution in [1.29, 1.82) is 0 Å². The molecule has 43 heavy (non-hydrogen) atoms. The van der Waals surface area contributed by atoms with Gasteiger partial charge >= 0.3 is 0 Å². The van der Waals surface area contributed by atoms with Crippen LogP contribution in [0.25, 0.3) is 6.08 Å². The molecule has 214 valence electrons. The number of rotatable bonds is 10. The summed E-state index contributed by atoms with van der Waals surface area (Å²) in [6.07, 6.45) is 1.63. The van der Waals surface area contributed by atoms with E-state index in [0.29, 0.717) is 22.0 Å². The lowest BCUT2D eigenvalue weighted by molar-refractivity contribution is -0.116. The molecule has 1 aromatic heterocycles. The summed E-state index contributed by atoms with van der Waals surface area (Å²) >= 11 is 9.13. The molecule has 1 heterocycles. The fourth-order valence-corrected chi connectivity index (χ4v) is 5.99. The topological polar surface area (TPSA) is 87.3 Å². The second-order valence-corrected chi connectivity index (χ2v) is 11.7. The van der Waals surface area contributed by atoms with E-state index in [0.717, 1.165) is 16.0 Å². The molecule has 0 spiro atoms. The highest BCUT2D eigenvalue weighted by Gasteiger charge is 2.23. The van der Waals surface area contributed by atoms with Gasteiger partial charge in [-0.3, -0.25) is 14.4 Å². The first kappa shape index (κ1) is 29.8. The van der Waals surface area contributed by atoms with Crippen LogP contribution < -0.4 is 16.0 Å². The maximum atomic E-state index is 13.5. The monoisotopic (exact) mass is 623 g/mol. The van der Waals surface area contributed by atoms with Gasteiger partial charge in [0.05, 0.1) is 10.7 Å². The van der Waals surface area contributed by atoms with Gasteiger partial charge in [-0.15, -0.1) is 11.8 Å². The first-order chi connectivity index (χ1) is 21.0. The Hall–Kier alpha value is -4.63. The van der Waals surface area contributed by atoms with Gasteiger partial charge in [-0.2, -0.15) is 11.3 Å². The van der Waals surface area contributed by atoms with Crippen molar-refractivity contribution in [1.82, 2.24) is 5.32 Å². The van der Waals surface area contributed by atoms with Gasteiger partial charge in [-0.25, -0.2) is 0 Å². The first-order valence-corrected chi connectivity index (χ1v) is 15.4. The second kappa shape index (κ2) is 14.5. The minimum Gasteiger partial charge on any atom is -0.323 e. The maximum absolute atomic E-state index is 13.5. The normalized spacial score (nSPS) is 11.8. The largest absolute Gasteiger partial charge is 0.323 e. The van der Waals surface area contributed by atoms with Crippen LogP contribution in [0.5, 0.6) is 0 Å². The molecule has 3 amide bonds. The van der Waals surface area contributed by atoms with Crippen LogP contribution >= 0.6 is 34.7 Å². The summed E-state index contributed by atoms with van der Waals surface area (Å²) in [5, 5.41) is 12.2. The zero-order valence-corrected chi connectivity index (χ0v) is 25.1. The van der Waals surface area contributed by atoms with Crippen LogP contribution in [-0.4, -0.2) is 17.7 Å². The number of hydrogen-bond acceptors (Lipinski definition) is 5. The van der Waals surface area contributed by atoms with E-state index in [4.69, 9.17) is 11.6 Å². The van der Waals surface area contributed by atoms with Gasteiger partial charge in [-0.05, 0) is 76.5 Å². The molecule has 0 saturated heterocycles. The van der Waals surface area contributed by atoms with E-state index in [1.54, 1.807) is 66.7 Å². The number of nitrogens with one attached hydrogen (secondary N) is 3. The van der Waals surface area contributed by atoms with Crippen molar-refractivity contribution in [2.24, 2.45) is 0 Å². The predicted octanol–water partition coefficient (Wildman–Crippen LogP) is 8.28.